The first-order chi connectivity index (χ1) is 7.56. The Kier molecular flexibility index (Phi) is 4.24. The highest BCUT2D eigenvalue weighted by molar-refractivity contribution is 6.35. The van der Waals surface area contributed by atoms with Crippen LogP contribution in [0.2, 0.25) is 0 Å². The van der Waals surface area contributed by atoms with E-state index in [9.17, 15) is 14.4 Å². The number of amides is 3. The summed E-state index contributed by atoms with van der Waals surface area (Å²) in [4.78, 5) is 35.5. The minimum absolute atomic E-state index is 0.167. The van der Waals surface area contributed by atoms with E-state index in [1.54, 1.807) is 7.05 Å². The van der Waals surface area contributed by atoms with Crippen molar-refractivity contribution in [2.75, 3.05) is 26.7 Å². The number of carbonyl (C=O) groups excluding carboxylic acids is 3. The van der Waals surface area contributed by atoms with Crippen molar-refractivity contribution in [2.45, 2.75) is 12.5 Å². The van der Waals surface area contributed by atoms with Crippen molar-refractivity contribution in [2.24, 2.45) is 5.73 Å². The van der Waals surface area contributed by atoms with Gasteiger partial charge in [0.25, 0.3) is 0 Å². The minimum Gasteiger partial charge on any atom is -0.347 e. The Morgan fingerprint density at radius 2 is 2.19 bits per heavy atom. The number of carbonyl (C=O) groups is 3. The predicted octanol–water partition coefficient (Wildman–Crippen LogP) is -2.59. The van der Waals surface area contributed by atoms with Crippen LogP contribution in [0.25, 0.3) is 0 Å². The SMILES string of the molecule is CN1CCC(NC(=O)C(=O)NCCN)C1=O. The molecule has 1 unspecified atom stereocenters. The summed E-state index contributed by atoms with van der Waals surface area (Å²) in [5.74, 6) is -1.71. The second-order valence-corrected chi connectivity index (χ2v) is 3.62. The van der Waals surface area contributed by atoms with Gasteiger partial charge in [-0.05, 0) is 6.42 Å². The number of likely N-dealkylation sites (N-methyl/N-ethyl adjacent to an activating group) is 1. The monoisotopic (exact) mass is 228 g/mol. The third-order valence-corrected chi connectivity index (χ3v) is 2.37. The van der Waals surface area contributed by atoms with E-state index in [-0.39, 0.29) is 19.0 Å². The molecule has 0 aliphatic carbocycles. The van der Waals surface area contributed by atoms with E-state index in [0.29, 0.717) is 13.0 Å². The van der Waals surface area contributed by atoms with Gasteiger partial charge in [0, 0.05) is 26.7 Å². The summed E-state index contributed by atoms with van der Waals surface area (Å²) in [6.07, 6.45) is 0.533. The van der Waals surface area contributed by atoms with E-state index >= 15 is 0 Å². The Bertz CT molecular complexity index is 305. The highest BCUT2D eigenvalue weighted by Crippen LogP contribution is 2.07. The van der Waals surface area contributed by atoms with Crippen molar-refractivity contribution in [3.05, 3.63) is 0 Å². The summed E-state index contributed by atoms with van der Waals surface area (Å²) in [7, 11) is 1.66. The molecule has 7 nitrogen and oxygen atoms in total. The van der Waals surface area contributed by atoms with Gasteiger partial charge in [0.05, 0.1) is 0 Å². The molecule has 1 saturated heterocycles. The van der Waals surface area contributed by atoms with E-state index in [4.69, 9.17) is 5.73 Å². The molecule has 0 bridgehead atoms. The van der Waals surface area contributed by atoms with Crippen molar-refractivity contribution < 1.29 is 14.4 Å². The molecule has 90 valence electrons. The molecular formula is C9H16N4O3. The Hall–Kier alpha value is -1.63. The van der Waals surface area contributed by atoms with E-state index in [0.717, 1.165) is 0 Å². The summed E-state index contributed by atoms with van der Waals surface area (Å²) in [5, 5.41) is 4.72. The largest absolute Gasteiger partial charge is 0.347 e. The van der Waals surface area contributed by atoms with E-state index in [1.165, 1.54) is 4.90 Å². The molecule has 1 heterocycles. The summed E-state index contributed by atoms with van der Waals surface area (Å²) >= 11 is 0. The van der Waals surface area contributed by atoms with Gasteiger partial charge in [-0.1, -0.05) is 0 Å². The van der Waals surface area contributed by atoms with Gasteiger partial charge in [-0.25, -0.2) is 0 Å². The van der Waals surface area contributed by atoms with Crippen LogP contribution in [0.5, 0.6) is 0 Å². The Labute approximate surface area is 93.3 Å². The zero-order valence-corrected chi connectivity index (χ0v) is 9.16. The first-order valence-corrected chi connectivity index (χ1v) is 5.10. The van der Waals surface area contributed by atoms with Gasteiger partial charge >= 0.3 is 11.8 Å². The zero-order valence-electron chi connectivity index (χ0n) is 9.16. The lowest BCUT2D eigenvalue weighted by molar-refractivity contribution is -0.140. The number of rotatable bonds is 3. The number of nitrogens with one attached hydrogen (secondary N) is 2. The number of hydrogen-bond donors (Lipinski definition) is 3. The van der Waals surface area contributed by atoms with Gasteiger partial charge in [-0.2, -0.15) is 0 Å². The number of nitrogens with two attached hydrogens (primary N) is 1. The Morgan fingerprint density at radius 3 is 2.69 bits per heavy atom. The molecule has 16 heavy (non-hydrogen) atoms. The first kappa shape index (κ1) is 12.4. The average molecular weight is 228 g/mol. The molecule has 0 aromatic heterocycles. The quantitative estimate of drug-likeness (QED) is 0.461. The minimum atomic E-state index is -0.790. The van der Waals surface area contributed by atoms with Crippen molar-refractivity contribution in [3.63, 3.8) is 0 Å². The zero-order chi connectivity index (χ0) is 12.1. The van der Waals surface area contributed by atoms with Crippen molar-refractivity contribution in [1.29, 1.82) is 0 Å². The maximum atomic E-state index is 11.4. The van der Waals surface area contributed by atoms with Gasteiger partial charge in [0.1, 0.15) is 6.04 Å². The fourth-order valence-corrected chi connectivity index (χ4v) is 1.45. The average Bonchev–Trinajstić information content (AvgIpc) is 2.57. The van der Waals surface area contributed by atoms with Gasteiger partial charge < -0.3 is 21.3 Å². The van der Waals surface area contributed by atoms with Crippen molar-refractivity contribution >= 4 is 17.7 Å². The summed E-state index contributed by atoms with van der Waals surface area (Å²) in [6, 6.07) is -0.582. The van der Waals surface area contributed by atoms with Crippen LogP contribution in [0.3, 0.4) is 0 Å². The van der Waals surface area contributed by atoms with Crippen molar-refractivity contribution in [3.8, 4) is 0 Å². The van der Waals surface area contributed by atoms with Crippen LogP contribution >= 0.6 is 0 Å². The molecule has 7 heteroatoms. The summed E-state index contributed by atoms with van der Waals surface area (Å²) in [6.45, 7) is 1.10. The molecule has 0 saturated carbocycles. The highest BCUT2D eigenvalue weighted by atomic mass is 16.2. The molecule has 0 radical (unpaired) electrons. The third-order valence-electron chi connectivity index (χ3n) is 2.37. The fourth-order valence-electron chi connectivity index (χ4n) is 1.45. The van der Waals surface area contributed by atoms with Crippen molar-refractivity contribution in [1.82, 2.24) is 15.5 Å². The molecule has 0 aromatic carbocycles. The molecule has 1 atom stereocenters. The molecule has 3 amide bonds. The van der Waals surface area contributed by atoms with Gasteiger partial charge in [-0.3, -0.25) is 14.4 Å². The molecule has 0 aromatic rings. The maximum absolute atomic E-state index is 11.4. The standard InChI is InChI=1S/C9H16N4O3/c1-13-5-2-6(9(13)16)12-8(15)7(14)11-4-3-10/h6H,2-5,10H2,1H3,(H,11,14)(H,12,15). The van der Waals surface area contributed by atoms with Crippen LogP contribution in [0, 0.1) is 0 Å². The number of hydrogen-bond acceptors (Lipinski definition) is 4. The first-order valence-electron chi connectivity index (χ1n) is 5.10. The normalized spacial score (nSPS) is 19.8. The number of nitrogens with zero attached hydrogens (tertiary/aromatic N) is 1. The van der Waals surface area contributed by atoms with Crippen LogP contribution in [-0.2, 0) is 14.4 Å². The Morgan fingerprint density at radius 1 is 1.50 bits per heavy atom. The summed E-state index contributed by atoms with van der Waals surface area (Å²) < 4.78 is 0. The smallest absolute Gasteiger partial charge is 0.309 e. The molecule has 1 fully saturated rings. The molecule has 1 rings (SSSR count). The second-order valence-electron chi connectivity index (χ2n) is 3.62. The molecule has 4 N–H and O–H groups in total. The van der Waals surface area contributed by atoms with E-state index < -0.39 is 17.9 Å². The third kappa shape index (κ3) is 2.93. The van der Waals surface area contributed by atoms with Crippen LogP contribution in [0.1, 0.15) is 6.42 Å². The predicted molar refractivity (Wildman–Crippen MR) is 56.2 cm³/mol. The highest BCUT2D eigenvalue weighted by Gasteiger charge is 2.31. The topological polar surface area (TPSA) is 105 Å². The molecular weight excluding hydrogens is 212 g/mol. The lowest BCUT2D eigenvalue weighted by atomic mass is 10.2. The molecule has 0 spiro atoms. The number of likely N-dealkylation sites (tertiary alicyclic amines) is 1. The second kappa shape index (κ2) is 5.45. The van der Waals surface area contributed by atoms with Crippen LogP contribution in [0.15, 0.2) is 0 Å². The van der Waals surface area contributed by atoms with Gasteiger partial charge in [-0.15, -0.1) is 0 Å². The fraction of sp³-hybridized carbons (Fsp3) is 0.667. The van der Waals surface area contributed by atoms with E-state index in [2.05, 4.69) is 10.6 Å². The van der Waals surface area contributed by atoms with E-state index in [1.807, 2.05) is 0 Å². The van der Waals surface area contributed by atoms with Crippen LogP contribution in [-0.4, -0.2) is 55.3 Å². The van der Waals surface area contributed by atoms with Gasteiger partial charge in [0.15, 0.2) is 0 Å². The lowest BCUT2D eigenvalue weighted by Gasteiger charge is -2.11. The Balaban J connectivity index is 2.40. The lowest BCUT2D eigenvalue weighted by Crippen LogP contribution is -2.48. The summed E-state index contributed by atoms with van der Waals surface area (Å²) in [5.41, 5.74) is 5.17. The van der Waals surface area contributed by atoms with Crippen LogP contribution < -0.4 is 16.4 Å². The molecule has 1 aliphatic heterocycles. The van der Waals surface area contributed by atoms with Gasteiger partial charge in [0.2, 0.25) is 5.91 Å². The molecule has 1 aliphatic rings. The maximum Gasteiger partial charge on any atom is 0.309 e. The van der Waals surface area contributed by atoms with Crippen LogP contribution in [0.4, 0.5) is 0 Å².